The average molecular weight is 608 g/mol. The van der Waals surface area contributed by atoms with Crippen LogP contribution in [0, 0.1) is 23.0 Å². The van der Waals surface area contributed by atoms with Gasteiger partial charge in [-0.15, -0.1) is 0 Å². The van der Waals surface area contributed by atoms with E-state index >= 15 is 4.39 Å². The number of rotatable bonds is 9. The average Bonchev–Trinajstić information content (AvgIpc) is 3.35. The van der Waals surface area contributed by atoms with Gasteiger partial charge >= 0.3 is 5.97 Å². The Morgan fingerprint density at radius 3 is 2.51 bits per heavy atom. The number of aromatic carboxylic acids is 1. The lowest BCUT2D eigenvalue weighted by Gasteiger charge is -2.41. The van der Waals surface area contributed by atoms with Gasteiger partial charge in [0.15, 0.2) is 0 Å². The summed E-state index contributed by atoms with van der Waals surface area (Å²) in [6, 6.07) is 20.4. The normalized spacial score (nSPS) is 14.2. The Labute approximate surface area is 257 Å². The summed E-state index contributed by atoms with van der Waals surface area (Å²) in [5.74, 6) is -1.34. The summed E-state index contributed by atoms with van der Waals surface area (Å²) in [5, 5.41) is 18.5. The van der Waals surface area contributed by atoms with E-state index in [2.05, 4.69) is 4.98 Å². The molecule has 0 spiro atoms. The van der Waals surface area contributed by atoms with E-state index < -0.39 is 17.6 Å². The summed E-state index contributed by atoms with van der Waals surface area (Å²) in [4.78, 5) is 34.6. The Balaban J connectivity index is 1.24. The molecular weight excluding hydrogens is 580 g/mol. The predicted molar refractivity (Wildman–Crippen MR) is 160 cm³/mol. The van der Waals surface area contributed by atoms with Crippen molar-refractivity contribution in [1.29, 1.82) is 5.26 Å². The molecule has 9 nitrogen and oxygen atoms in total. The first-order valence-electron chi connectivity index (χ1n) is 14.3. The molecule has 0 bridgehead atoms. The van der Waals surface area contributed by atoms with E-state index in [9.17, 15) is 19.1 Å². The highest BCUT2D eigenvalue weighted by molar-refractivity contribution is 5.92. The summed E-state index contributed by atoms with van der Waals surface area (Å²) in [5.41, 5.74) is 3.15. The van der Waals surface area contributed by atoms with Gasteiger partial charge in [0.25, 0.3) is 0 Å². The number of carbonyl (C=O) groups is 2. The molecule has 6 rings (SSSR count). The first-order valence-corrected chi connectivity index (χ1v) is 14.3. The van der Waals surface area contributed by atoms with Gasteiger partial charge in [0.1, 0.15) is 24.1 Å². The van der Waals surface area contributed by atoms with E-state index in [1.54, 1.807) is 47.4 Å². The first kappa shape index (κ1) is 29.4. The molecule has 45 heavy (non-hydrogen) atoms. The van der Waals surface area contributed by atoms with Crippen LogP contribution in [-0.4, -0.2) is 49.0 Å². The van der Waals surface area contributed by atoms with Crippen LogP contribution in [0.25, 0.3) is 22.3 Å². The Kier molecular flexibility index (Phi) is 7.96. The summed E-state index contributed by atoms with van der Waals surface area (Å²) >= 11 is 0. The lowest BCUT2D eigenvalue weighted by molar-refractivity contribution is -0.136. The molecule has 3 heterocycles. The fraction of sp³-hybridized carbons (Fsp3) is 0.206. The number of amides is 1. The van der Waals surface area contributed by atoms with Gasteiger partial charge < -0.3 is 19.3 Å². The maximum Gasteiger partial charge on any atom is 0.335 e. The van der Waals surface area contributed by atoms with Gasteiger partial charge in [-0.1, -0.05) is 24.3 Å². The second-order valence-electron chi connectivity index (χ2n) is 10.9. The predicted octanol–water partition coefficient (Wildman–Crippen LogP) is 5.74. The minimum atomic E-state index is -1.06. The molecule has 11 heteroatoms. The number of hydrogen-bond acceptors (Lipinski definition) is 6. The smallest absolute Gasteiger partial charge is 0.335 e. The monoisotopic (exact) mass is 607 g/mol. The van der Waals surface area contributed by atoms with Crippen molar-refractivity contribution in [3.63, 3.8) is 0 Å². The highest BCUT2D eigenvalue weighted by Gasteiger charge is 2.31. The second kappa shape index (κ2) is 12.2. The molecule has 1 amide bonds. The van der Waals surface area contributed by atoms with Crippen molar-refractivity contribution in [2.75, 3.05) is 6.54 Å². The fourth-order valence-electron chi connectivity index (χ4n) is 5.46. The Morgan fingerprint density at radius 2 is 1.82 bits per heavy atom. The molecule has 226 valence electrons. The van der Waals surface area contributed by atoms with Crippen molar-refractivity contribution in [3.05, 3.63) is 113 Å². The zero-order valence-electron chi connectivity index (χ0n) is 24.2. The largest absolute Gasteiger partial charge is 0.478 e. The van der Waals surface area contributed by atoms with Crippen molar-refractivity contribution >= 4 is 22.9 Å². The van der Waals surface area contributed by atoms with Crippen molar-refractivity contribution in [3.8, 4) is 23.2 Å². The molecule has 1 fully saturated rings. The van der Waals surface area contributed by atoms with Crippen LogP contribution >= 0.6 is 0 Å². The summed E-state index contributed by atoms with van der Waals surface area (Å²) in [6.07, 6.45) is 0.946. The van der Waals surface area contributed by atoms with E-state index in [0.29, 0.717) is 46.8 Å². The van der Waals surface area contributed by atoms with Gasteiger partial charge in [-0.25, -0.2) is 23.5 Å². The first-order chi connectivity index (χ1) is 21.7. The molecule has 1 saturated heterocycles. The third-order valence-corrected chi connectivity index (χ3v) is 7.99. The van der Waals surface area contributed by atoms with Gasteiger partial charge in [-0.3, -0.25) is 4.79 Å². The molecular formula is C34H27F2N5O4. The van der Waals surface area contributed by atoms with Crippen LogP contribution in [0.3, 0.4) is 0 Å². The molecule has 0 aliphatic carbocycles. The number of nitriles is 1. The number of carbonyl (C=O) groups excluding carboxylic acids is 1. The number of nitrogens with zero attached hydrogens (tertiary/aromatic N) is 5. The molecule has 1 atom stereocenters. The van der Waals surface area contributed by atoms with Crippen molar-refractivity contribution < 1.29 is 28.2 Å². The van der Waals surface area contributed by atoms with Crippen LogP contribution in [0.4, 0.5) is 8.78 Å². The van der Waals surface area contributed by atoms with E-state index in [4.69, 9.17) is 15.0 Å². The number of benzene rings is 3. The number of pyridine rings is 1. The number of hydrogen-bond donors (Lipinski definition) is 1. The van der Waals surface area contributed by atoms with Crippen LogP contribution < -0.4 is 4.74 Å². The lowest BCUT2D eigenvalue weighted by Crippen LogP contribution is -2.52. The maximum atomic E-state index is 15.6. The van der Waals surface area contributed by atoms with E-state index in [-0.39, 0.29) is 47.5 Å². The third kappa shape index (κ3) is 6.08. The van der Waals surface area contributed by atoms with Crippen LogP contribution in [0.2, 0.25) is 0 Å². The minimum Gasteiger partial charge on any atom is -0.478 e. The topological polar surface area (TPSA) is 121 Å². The molecule has 5 aromatic rings. The SMILES string of the molecule is CC(=O)N1CC[C@@H]1Cn1c(Cc2ccc(-c3cccc(OCc4ccc(C#N)cc4F)n3)cc2F)nc2ccc(C(=O)O)cc21. The lowest BCUT2D eigenvalue weighted by atomic mass is 10.0. The molecule has 2 aromatic heterocycles. The fourth-order valence-corrected chi connectivity index (χ4v) is 5.46. The van der Waals surface area contributed by atoms with E-state index in [1.165, 1.54) is 31.2 Å². The van der Waals surface area contributed by atoms with Gasteiger partial charge in [0.05, 0.1) is 40.0 Å². The van der Waals surface area contributed by atoms with Gasteiger partial charge in [-0.05, 0) is 54.4 Å². The van der Waals surface area contributed by atoms with E-state index in [0.717, 1.165) is 12.5 Å². The molecule has 0 saturated carbocycles. The van der Waals surface area contributed by atoms with E-state index in [1.807, 2.05) is 10.6 Å². The van der Waals surface area contributed by atoms with Gasteiger partial charge in [0, 0.05) is 43.6 Å². The summed E-state index contributed by atoms with van der Waals surface area (Å²) in [7, 11) is 0. The highest BCUT2D eigenvalue weighted by Crippen LogP contribution is 2.28. The van der Waals surface area contributed by atoms with Crippen LogP contribution in [0.15, 0.2) is 72.8 Å². The van der Waals surface area contributed by atoms with Crippen molar-refractivity contribution in [1.82, 2.24) is 19.4 Å². The summed E-state index contributed by atoms with van der Waals surface area (Å²) < 4.78 is 37.4. The molecule has 0 radical (unpaired) electrons. The van der Waals surface area contributed by atoms with Gasteiger partial charge in [-0.2, -0.15) is 5.26 Å². The molecule has 1 N–H and O–H groups in total. The van der Waals surface area contributed by atoms with Crippen molar-refractivity contribution in [2.45, 2.75) is 39.0 Å². The Bertz CT molecular complexity index is 2000. The Hall–Kier alpha value is -5.63. The van der Waals surface area contributed by atoms with Crippen molar-refractivity contribution in [2.24, 2.45) is 0 Å². The zero-order valence-corrected chi connectivity index (χ0v) is 24.2. The quantitative estimate of drug-likeness (QED) is 0.227. The number of ether oxygens (including phenoxy) is 1. The molecule has 3 aromatic carbocycles. The highest BCUT2D eigenvalue weighted by atomic mass is 19.1. The zero-order chi connectivity index (χ0) is 31.7. The molecule has 1 aliphatic rings. The minimum absolute atomic E-state index is 0.0328. The molecule has 0 unspecified atom stereocenters. The number of fused-ring (bicyclic) bond motifs is 1. The summed E-state index contributed by atoms with van der Waals surface area (Å²) in [6.45, 7) is 2.49. The standard InChI is InChI=1S/C34H27F2N5O4/c1-20(42)40-12-11-26(40)18-41-31-15-24(34(43)44)9-10-30(31)38-32(41)16-22-7-8-23(14-28(22)36)29-3-2-4-33(39-29)45-19-25-6-5-21(17-37)13-27(25)35/h2-10,13-15,26H,11-12,16,18-19H2,1H3,(H,43,44)/t26-/m1/s1. The Morgan fingerprint density at radius 1 is 1.02 bits per heavy atom. The van der Waals surface area contributed by atoms with Crippen LogP contribution in [0.5, 0.6) is 5.88 Å². The number of likely N-dealkylation sites (tertiary alicyclic amines) is 1. The number of halogens is 2. The van der Waals surface area contributed by atoms with Crippen LogP contribution in [0.1, 0.15) is 46.2 Å². The van der Waals surface area contributed by atoms with Gasteiger partial charge in [0.2, 0.25) is 11.8 Å². The third-order valence-electron chi connectivity index (χ3n) is 7.99. The van der Waals surface area contributed by atoms with Crippen LogP contribution in [-0.2, 0) is 24.4 Å². The number of aromatic nitrogens is 3. The number of imidazole rings is 1. The maximum absolute atomic E-state index is 15.6. The number of carboxylic acids is 1. The second-order valence-corrected chi connectivity index (χ2v) is 10.9. The number of carboxylic acid groups (broad SMARTS) is 1. The molecule has 1 aliphatic heterocycles.